The number of hydrogen-bond acceptors (Lipinski definition) is 3. The number of phenols is 1. The van der Waals surface area contributed by atoms with Crippen molar-refractivity contribution in [3.05, 3.63) is 58.1 Å². The molecule has 0 heterocycles. The predicted octanol–water partition coefficient (Wildman–Crippen LogP) is 3.28. The van der Waals surface area contributed by atoms with Crippen molar-refractivity contribution >= 4 is 5.69 Å². The Morgan fingerprint density at radius 2 is 1.65 bits per heavy atom. The number of aromatic hydroxyl groups is 1. The number of nitrogens with zero attached hydrogens (tertiary/aromatic N) is 1. The molecule has 0 saturated heterocycles. The molecule has 0 spiro atoms. The van der Waals surface area contributed by atoms with Crippen molar-refractivity contribution < 1.29 is 10.0 Å². The summed E-state index contributed by atoms with van der Waals surface area (Å²) in [6, 6.07) is 11.7. The van der Waals surface area contributed by atoms with Crippen LogP contribution < -0.4 is 0 Å². The summed E-state index contributed by atoms with van der Waals surface area (Å²) in [5.41, 5.74) is 2.35. The minimum atomic E-state index is -0.390. The molecule has 17 heavy (non-hydrogen) atoms. The van der Waals surface area contributed by atoms with Gasteiger partial charge in [0.1, 0.15) is 5.75 Å². The largest absolute Gasteiger partial charge is 0.508 e. The van der Waals surface area contributed by atoms with Crippen LogP contribution in [0.15, 0.2) is 42.5 Å². The molecule has 2 rings (SSSR count). The predicted molar refractivity (Wildman–Crippen MR) is 64.9 cm³/mol. The smallest absolute Gasteiger partial charge is 0.272 e. The number of benzene rings is 2. The van der Waals surface area contributed by atoms with Crippen molar-refractivity contribution in [2.24, 2.45) is 0 Å². The first-order chi connectivity index (χ1) is 8.08. The molecule has 1 N–H and O–H groups in total. The average molecular weight is 229 g/mol. The van der Waals surface area contributed by atoms with E-state index in [9.17, 15) is 15.2 Å². The maximum Gasteiger partial charge on any atom is 0.272 e. The number of aryl methyl sites for hydroxylation is 1. The lowest BCUT2D eigenvalue weighted by molar-refractivity contribution is -0.385. The highest BCUT2D eigenvalue weighted by Crippen LogP contribution is 2.27. The van der Waals surface area contributed by atoms with E-state index in [4.69, 9.17) is 0 Å². The second-order valence-electron chi connectivity index (χ2n) is 3.81. The molecule has 0 radical (unpaired) electrons. The number of phenolic OH excluding ortho intramolecular Hbond substituents is 1. The van der Waals surface area contributed by atoms with Crippen molar-refractivity contribution in [2.45, 2.75) is 6.92 Å². The van der Waals surface area contributed by atoms with Crippen LogP contribution in [0.5, 0.6) is 5.75 Å². The molecule has 86 valence electrons. The zero-order chi connectivity index (χ0) is 12.4. The summed E-state index contributed by atoms with van der Waals surface area (Å²) < 4.78 is 0. The maximum absolute atomic E-state index is 10.8. The van der Waals surface area contributed by atoms with Crippen LogP contribution in [0.3, 0.4) is 0 Å². The van der Waals surface area contributed by atoms with Gasteiger partial charge in [-0.1, -0.05) is 24.3 Å². The number of nitro groups is 1. The number of nitro benzene ring substituents is 1. The van der Waals surface area contributed by atoms with Gasteiger partial charge in [0, 0.05) is 11.6 Å². The van der Waals surface area contributed by atoms with Crippen molar-refractivity contribution in [2.75, 3.05) is 0 Å². The summed E-state index contributed by atoms with van der Waals surface area (Å²) in [5, 5.41) is 20.0. The van der Waals surface area contributed by atoms with Crippen LogP contribution in [-0.2, 0) is 0 Å². The third-order valence-electron chi connectivity index (χ3n) is 2.61. The Morgan fingerprint density at radius 1 is 1.06 bits per heavy atom. The molecule has 0 saturated carbocycles. The zero-order valence-electron chi connectivity index (χ0n) is 9.25. The molecule has 4 heteroatoms. The van der Waals surface area contributed by atoms with Gasteiger partial charge in [-0.25, -0.2) is 0 Å². The number of rotatable bonds is 2. The summed E-state index contributed by atoms with van der Waals surface area (Å²) in [5.74, 6) is 0.176. The van der Waals surface area contributed by atoms with Crippen LogP contribution in [0.25, 0.3) is 11.1 Å². The first kappa shape index (κ1) is 11.1. The van der Waals surface area contributed by atoms with Gasteiger partial charge in [-0.2, -0.15) is 0 Å². The van der Waals surface area contributed by atoms with Gasteiger partial charge >= 0.3 is 0 Å². The molecule has 0 aliphatic heterocycles. The van der Waals surface area contributed by atoms with E-state index in [0.29, 0.717) is 5.56 Å². The zero-order valence-corrected chi connectivity index (χ0v) is 9.25. The van der Waals surface area contributed by atoms with Gasteiger partial charge < -0.3 is 5.11 Å². The maximum atomic E-state index is 10.8. The monoisotopic (exact) mass is 229 g/mol. The molecular formula is C13H11NO3. The summed E-state index contributed by atoms with van der Waals surface area (Å²) in [4.78, 5) is 10.4. The first-order valence-electron chi connectivity index (χ1n) is 5.12. The molecule has 2 aromatic rings. The van der Waals surface area contributed by atoms with Crippen LogP contribution in [0.4, 0.5) is 5.69 Å². The molecule has 0 amide bonds. The second kappa shape index (κ2) is 4.25. The Balaban J connectivity index is 2.50. The third kappa shape index (κ3) is 2.25. The standard InChI is InChI=1S/C13H11NO3/c1-9-2-3-11(8-13(9)14(16)17)10-4-6-12(15)7-5-10/h2-8,15H,1H3. The minimum absolute atomic E-state index is 0.107. The molecule has 0 bridgehead atoms. The van der Waals surface area contributed by atoms with E-state index in [-0.39, 0.29) is 16.4 Å². The van der Waals surface area contributed by atoms with Crippen LogP contribution in [0.1, 0.15) is 5.56 Å². The highest BCUT2D eigenvalue weighted by molar-refractivity contribution is 5.67. The van der Waals surface area contributed by atoms with Gasteiger partial charge in [-0.3, -0.25) is 10.1 Å². The van der Waals surface area contributed by atoms with Crippen LogP contribution >= 0.6 is 0 Å². The topological polar surface area (TPSA) is 63.4 Å². The molecule has 2 aromatic carbocycles. The lowest BCUT2D eigenvalue weighted by atomic mass is 10.0. The molecule has 0 aromatic heterocycles. The van der Waals surface area contributed by atoms with E-state index < -0.39 is 0 Å². The fourth-order valence-electron chi connectivity index (χ4n) is 1.64. The SMILES string of the molecule is Cc1ccc(-c2ccc(O)cc2)cc1[N+](=O)[O-]. The quantitative estimate of drug-likeness (QED) is 0.634. The molecular weight excluding hydrogens is 218 g/mol. The van der Waals surface area contributed by atoms with Crippen molar-refractivity contribution in [1.29, 1.82) is 0 Å². The van der Waals surface area contributed by atoms with Gasteiger partial charge in [0.2, 0.25) is 0 Å². The van der Waals surface area contributed by atoms with Crippen molar-refractivity contribution in [3.63, 3.8) is 0 Å². The van der Waals surface area contributed by atoms with E-state index in [1.54, 1.807) is 43.3 Å². The normalized spacial score (nSPS) is 10.2. The lowest BCUT2D eigenvalue weighted by Gasteiger charge is -2.03. The Labute approximate surface area is 98.3 Å². The van der Waals surface area contributed by atoms with Gasteiger partial charge in [-0.05, 0) is 30.2 Å². The van der Waals surface area contributed by atoms with Crippen LogP contribution in [-0.4, -0.2) is 10.0 Å². The van der Waals surface area contributed by atoms with E-state index >= 15 is 0 Å². The summed E-state index contributed by atoms with van der Waals surface area (Å²) in [6.45, 7) is 1.71. The molecule has 0 unspecified atom stereocenters. The Kier molecular flexibility index (Phi) is 2.78. The van der Waals surface area contributed by atoms with E-state index in [1.165, 1.54) is 0 Å². The Hall–Kier alpha value is -2.36. The van der Waals surface area contributed by atoms with Crippen molar-refractivity contribution in [3.8, 4) is 16.9 Å². The van der Waals surface area contributed by atoms with Gasteiger partial charge in [0.25, 0.3) is 5.69 Å². The van der Waals surface area contributed by atoms with E-state index in [0.717, 1.165) is 11.1 Å². The molecule has 0 fully saturated rings. The molecule has 0 aliphatic carbocycles. The average Bonchev–Trinajstić information content (AvgIpc) is 2.30. The third-order valence-corrected chi connectivity index (χ3v) is 2.61. The van der Waals surface area contributed by atoms with E-state index in [2.05, 4.69) is 0 Å². The lowest BCUT2D eigenvalue weighted by Crippen LogP contribution is -1.92. The fourth-order valence-corrected chi connectivity index (χ4v) is 1.64. The summed E-state index contributed by atoms with van der Waals surface area (Å²) in [6.07, 6.45) is 0. The molecule has 0 atom stereocenters. The van der Waals surface area contributed by atoms with E-state index in [1.807, 2.05) is 6.07 Å². The highest BCUT2D eigenvalue weighted by atomic mass is 16.6. The van der Waals surface area contributed by atoms with Gasteiger partial charge in [0.05, 0.1) is 4.92 Å². The van der Waals surface area contributed by atoms with Gasteiger partial charge in [0.15, 0.2) is 0 Å². The fraction of sp³-hybridized carbons (Fsp3) is 0.0769. The van der Waals surface area contributed by atoms with Crippen molar-refractivity contribution in [1.82, 2.24) is 0 Å². The second-order valence-corrected chi connectivity index (χ2v) is 3.81. The minimum Gasteiger partial charge on any atom is -0.508 e. The Bertz CT molecular complexity index is 561. The highest BCUT2D eigenvalue weighted by Gasteiger charge is 2.11. The first-order valence-corrected chi connectivity index (χ1v) is 5.12. The molecule has 4 nitrogen and oxygen atoms in total. The van der Waals surface area contributed by atoms with Gasteiger partial charge in [-0.15, -0.1) is 0 Å². The van der Waals surface area contributed by atoms with Crippen LogP contribution in [0.2, 0.25) is 0 Å². The summed E-state index contributed by atoms with van der Waals surface area (Å²) >= 11 is 0. The molecule has 0 aliphatic rings. The summed E-state index contributed by atoms with van der Waals surface area (Å²) in [7, 11) is 0. The van der Waals surface area contributed by atoms with Crippen LogP contribution in [0, 0.1) is 17.0 Å². The Morgan fingerprint density at radius 3 is 2.24 bits per heavy atom. The number of hydrogen-bond donors (Lipinski definition) is 1.